The molecule has 0 spiro atoms. The molecule has 114 valence electrons. The van der Waals surface area contributed by atoms with Crippen LogP contribution in [0.5, 0.6) is 5.75 Å². The average molecular weight is 308 g/mol. The van der Waals surface area contributed by atoms with E-state index in [9.17, 15) is 23.7 Å². The first-order chi connectivity index (χ1) is 10.4. The van der Waals surface area contributed by atoms with Crippen molar-refractivity contribution in [1.82, 2.24) is 0 Å². The van der Waals surface area contributed by atoms with Crippen LogP contribution in [0.25, 0.3) is 0 Å². The number of nitro groups is 1. The van der Waals surface area contributed by atoms with Gasteiger partial charge in [0.1, 0.15) is 17.4 Å². The van der Waals surface area contributed by atoms with Crippen molar-refractivity contribution in [3.8, 4) is 5.75 Å². The van der Waals surface area contributed by atoms with Crippen molar-refractivity contribution in [1.29, 1.82) is 0 Å². The summed E-state index contributed by atoms with van der Waals surface area (Å²) < 4.78 is 31.2. The molecule has 0 atom stereocenters. The minimum atomic E-state index is -1.04. The fourth-order valence-electron chi connectivity index (χ4n) is 1.73. The number of carbonyl (C=O) groups excluding carboxylic acids is 1. The standard InChI is InChI=1S/C14H10F2N2O4/c1-8-6-10(3-5-13(8)18(20)21)22-14(19)17-12-7-9(15)2-4-11(12)16/h2-7H,1H3,(H,17,19). The molecule has 0 saturated heterocycles. The number of nitrogens with one attached hydrogen (secondary N) is 1. The summed E-state index contributed by atoms with van der Waals surface area (Å²) in [5.41, 5.74) is -0.195. The first kappa shape index (κ1) is 15.4. The third kappa shape index (κ3) is 3.54. The van der Waals surface area contributed by atoms with E-state index in [-0.39, 0.29) is 17.1 Å². The molecule has 0 unspecified atom stereocenters. The van der Waals surface area contributed by atoms with E-state index in [4.69, 9.17) is 4.74 Å². The van der Waals surface area contributed by atoms with Gasteiger partial charge in [0, 0.05) is 17.7 Å². The molecular formula is C14H10F2N2O4. The Bertz CT molecular complexity index is 750. The van der Waals surface area contributed by atoms with Gasteiger partial charge in [-0.25, -0.2) is 13.6 Å². The first-order valence-corrected chi connectivity index (χ1v) is 6.06. The van der Waals surface area contributed by atoms with Crippen LogP contribution in [0.2, 0.25) is 0 Å². The third-order valence-electron chi connectivity index (χ3n) is 2.74. The number of halogens is 2. The van der Waals surface area contributed by atoms with Gasteiger partial charge in [0.15, 0.2) is 0 Å². The van der Waals surface area contributed by atoms with Crippen LogP contribution < -0.4 is 10.1 Å². The second kappa shape index (κ2) is 6.17. The van der Waals surface area contributed by atoms with Crippen molar-refractivity contribution >= 4 is 17.5 Å². The summed E-state index contributed by atoms with van der Waals surface area (Å²) in [5, 5.41) is 12.7. The molecule has 0 fully saturated rings. The van der Waals surface area contributed by atoms with Crippen LogP contribution in [0.1, 0.15) is 5.56 Å². The lowest BCUT2D eigenvalue weighted by Gasteiger charge is -2.08. The lowest BCUT2D eigenvalue weighted by atomic mass is 10.2. The molecule has 1 amide bonds. The Balaban J connectivity index is 2.11. The second-order valence-electron chi connectivity index (χ2n) is 4.34. The van der Waals surface area contributed by atoms with Crippen LogP contribution in [0.15, 0.2) is 36.4 Å². The Morgan fingerprint density at radius 1 is 1.23 bits per heavy atom. The monoisotopic (exact) mass is 308 g/mol. The molecule has 2 aromatic rings. The number of rotatable bonds is 3. The molecule has 0 heterocycles. The number of amides is 1. The van der Waals surface area contributed by atoms with Crippen LogP contribution in [0.4, 0.5) is 25.0 Å². The highest BCUT2D eigenvalue weighted by Crippen LogP contribution is 2.23. The fraction of sp³-hybridized carbons (Fsp3) is 0.0714. The molecule has 0 aliphatic carbocycles. The van der Waals surface area contributed by atoms with E-state index in [0.717, 1.165) is 18.2 Å². The molecule has 0 bridgehead atoms. The Kier molecular flexibility index (Phi) is 4.31. The van der Waals surface area contributed by atoms with Gasteiger partial charge in [0.05, 0.1) is 10.6 Å². The quantitative estimate of drug-likeness (QED) is 0.691. The zero-order valence-corrected chi connectivity index (χ0v) is 11.3. The molecule has 0 aliphatic heterocycles. The number of anilines is 1. The van der Waals surface area contributed by atoms with Gasteiger partial charge in [-0.05, 0) is 31.2 Å². The lowest BCUT2D eigenvalue weighted by molar-refractivity contribution is -0.385. The molecule has 22 heavy (non-hydrogen) atoms. The predicted octanol–water partition coefficient (Wildman–Crippen LogP) is 3.79. The number of nitro benzene ring substituents is 1. The van der Waals surface area contributed by atoms with Crippen LogP contribution in [0, 0.1) is 28.7 Å². The summed E-state index contributed by atoms with van der Waals surface area (Å²) in [7, 11) is 0. The van der Waals surface area contributed by atoms with Crippen molar-refractivity contribution in [3.63, 3.8) is 0 Å². The van der Waals surface area contributed by atoms with Gasteiger partial charge in [0.25, 0.3) is 5.69 Å². The maximum Gasteiger partial charge on any atom is 0.417 e. The van der Waals surface area contributed by atoms with Crippen molar-refractivity contribution < 1.29 is 23.2 Å². The maximum atomic E-state index is 13.4. The topological polar surface area (TPSA) is 81.5 Å². The van der Waals surface area contributed by atoms with Gasteiger partial charge in [-0.1, -0.05) is 0 Å². The van der Waals surface area contributed by atoms with Gasteiger partial charge >= 0.3 is 6.09 Å². The highest BCUT2D eigenvalue weighted by Gasteiger charge is 2.14. The van der Waals surface area contributed by atoms with E-state index in [1.807, 2.05) is 5.32 Å². The number of ether oxygens (including phenoxy) is 1. The number of hydrogen-bond acceptors (Lipinski definition) is 4. The van der Waals surface area contributed by atoms with Gasteiger partial charge in [-0.15, -0.1) is 0 Å². The van der Waals surface area contributed by atoms with Gasteiger partial charge in [-0.3, -0.25) is 15.4 Å². The molecule has 1 N–H and O–H groups in total. The highest BCUT2D eigenvalue weighted by molar-refractivity contribution is 5.86. The number of aryl methyl sites for hydroxylation is 1. The minimum absolute atomic E-state index is 0.0393. The van der Waals surface area contributed by atoms with Crippen LogP contribution >= 0.6 is 0 Å². The summed E-state index contributed by atoms with van der Waals surface area (Å²) in [6.07, 6.45) is -1.04. The number of carbonyl (C=O) groups is 1. The molecule has 8 heteroatoms. The van der Waals surface area contributed by atoms with E-state index >= 15 is 0 Å². The van der Waals surface area contributed by atoms with E-state index in [2.05, 4.69) is 0 Å². The summed E-state index contributed by atoms with van der Waals surface area (Å²) in [5.74, 6) is -1.50. The van der Waals surface area contributed by atoms with Crippen molar-refractivity contribution in [3.05, 3.63) is 63.7 Å². The second-order valence-corrected chi connectivity index (χ2v) is 4.34. The van der Waals surface area contributed by atoms with Crippen molar-refractivity contribution in [2.75, 3.05) is 5.32 Å². The van der Waals surface area contributed by atoms with Crippen LogP contribution in [0.3, 0.4) is 0 Å². The Morgan fingerprint density at radius 2 is 1.95 bits per heavy atom. The molecule has 2 rings (SSSR count). The summed E-state index contributed by atoms with van der Waals surface area (Å²) in [4.78, 5) is 21.7. The molecule has 6 nitrogen and oxygen atoms in total. The average Bonchev–Trinajstić information content (AvgIpc) is 2.42. The first-order valence-electron chi connectivity index (χ1n) is 6.06. The number of nitrogens with zero attached hydrogens (tertiary/aromatic N) is 1. The number of hydrogen-bond donors (Lipinski definition) is 1. The number of benzene rings is 2. The molecule has 0 aliphatic rings. The zero-order valence-electron chi connectivity index (χ0n) is 11.3. The Hall–Kier alpha value is -3.03. The smallest absolute Gasteiger partial charge is 0.410 e. The minimum Gasteiger partial charge on any atom is -0.410 e. The molecule has 0 radical (unpaired) electrons. The Morgan fingerprint density at radius 3 is 2.59 bits per heavy atom. The van der Waals surface area contributed by atoms with Crippen LogP contribution in [-0.2, 0) is 0 Å². The van der Waals surface area contributed by atoms with Crippen molar-refractivity contribution in [2.24, 2.45) is 0 Å². The summed E-state index contributed by atoms with van der Waals surface area (Å²) in [6.45, 7) is 1.48. The third-order valence-corrected chi connectivity index (χ3v) is 2.74. The van der Waals surface area contributed by atoms with E-state index in [0.29, 0.717) is 5.56 Å². The van der Waals surface area contributed by atoms with E-state index in [1.54, 1.807) is 0 Å². The van der Waals surface area contributed by atoms with Gasteiger partial charge < -0.3 is 4.74 Å². The normalized spacial score (nSPS) is 10.1. The largest absolute Gasteiger partial charge is 0.417 e. The fourth-order valence-corrected chi connectivity index (χ4v) is 1.73. The Labute approximate surface area is 123 Å². The molecule has 0 aromatic heterocycles. The SMILES string of the molecule is Cc1cc(OC(=O)Nc2cc(F)ccc2F)ccc1[N+](=O)[O-]. The molecular weight excluding hydrogens is 298 g/mol. The van der Waals surface area contributed by atoms with Gasteiger partial charge in [0.2, 0.25) is 0 Å². The van der Waals surface area contributed by atoms with Crippen molar-refractivity contribution in [2.45, 2.75) is 6.92 Å². The molecule has 2 aromatic carbocycles. The zero-order chi connectivity index (χ0) is 16.3. The van der Waals surface area contributed by atoms with E-state index in [1.165, 1.54) is 25.1 Å². The van der Waals surface area contributed by atoms with E-state index < -0.39 is 22.7 Å². The summed E-state index contributed by atoms with van der Waals surface area (Å²) >= 11 is 0. The maximum absolute atomic E-state index is 13.4. The highest BCUT2D eigenvalue weighted by atomic mass is 19.1. The molecule has 0 saturated carbocycles. The summed E-state index contributed by atoms with van der Waals surface area (Å²) in [6, 6.07) is 6.27. The van der Waals surface area contributed by atoms with Gasteiger partial charge in [-0.2, -0.15) is 0 Å². The lowest BCUT2D eigenvalue weighted by Crippen LogP contribution is -2.17. The predicted molar refractivity (Wildman–Crippen MR) is 73.8 cm³/mol. The van der Waals surface area contributed by atoms with Crippen LogP contribution in [-0.4, -0.2) is 11.0 Å².